The number of rotatable bonds is 6. The van der Waals surface area contributed by atoms with Crippen LogP contribution >= 0.6 is 22.7 Å². The topological polar surface area (TPSA) is 77.7 Å². The zero-order valence-corrected chi connectivity index (χ0v) is 17.2. The number of ether oxygens (including phenoxy) is 1. The number of nitrogens with zero attached hydrogens (tertiary/aromatic N) is 2. The normalized spacial score (nSPS) is 13.5. The van der Waals surface area contributed by atoms with Gasteiger partial charge >= 0.3 is 5.97 Å². The Morgan fingerprint density at radius 3 is 2.79 bits per heavy atom. The van der Waals surface area contributed by atoms with Crippen molar-refractivity contribution in [2.75, 3.05) is 0 Å². The molecule has 0 unspecified atom stereocenters. The minimum atomic E-state index is -0.464. The van der Waals surface area contributed by atoms with E-state index < -0.39 is 5.97 Å². The van der Waals surface area contributed by atoms with Crippen LogP contribution in [0.2, 0.25) is 0 Å². The number of esters is 1. The van der Waals surface area contributed by atoms with Crippen molar-refractivity contribution in [2.24, 2.45) is 0 Å². The summed E-state index contributed by atoms with van der Waals surface area (Å²) in [5.41, 5.74) is 1.39. The molecule has 146 valence electrons. The molecule has 0 saturated heterocycles. The summed E-state index contributed by atoms with van der Waals surface area (Å²) in [6.07, 6.45) is 4.26. The first-order valence-corrected chi connectivity index (χ1v) is 10.9. The van der Waals surface area contributed by atoms with E-state index in [-0.39, 0.29) is 30.8 Å². The average Bonchev–Trinajstić information content (AvgIpc) is 3.27. The van der Waals surface area contributed by atoms with Gasteiger partial charge in [0.2, 0.25) is 0 Å². The van der Waals surface area contributed by atoms with Crippen LogP contribution in [-0.2, 0) is 29.0 Å². The van der Waals surface area contributed by atoms with Crippen LogP contribution < -0.4 is 5.56 Å². The van der Waals surface area contributed by atoms with Crippen LogP contribution in [0.4, 0.5) is 0 Å². The van der Waals surface area contributed by atoms with Gasteiger partial charge in [-0.2, -0.15) is 0 Å². The van der Waals surface area contributed by atoms with E-state index in [1.165, 1.54) is 22.3 Å². The Morgan fingerprint density at radius 1 is 1.18 bits per heavy atom. The number of hydrogen-bond acceptors (Lipinski definition) is 7. The van der Waals surface area contributed by atoms with Crippen molar-refractivity contribution in [3.8, 4) is 0 Å². The van der Waals surface area contributed by atoms with Crippen LogP contribution in [-0.4, -0.2) is 21.1 Å². The highest BCUT2D eigenvalue weighted by Crippen LogP contribution is 2.28. The minimum Gasteiger partial charge on any atom is -0.459 e. The number of thiophene rings is 1. The molecule has 0 aromatic carbocycles. The summed E-state index contributed by atoms with van der Waals surface area (Å²) in [7, 11) is 0. The minimum absolute atomic E-state index is 0.0182. The van der Waals surface area contributed by atoms with Crippen molar-refractivity contribution < 1.29 is 14.3 Å². The molecule has 0 radical (unpaired) electrons. The first kappa shape index (κ1) is 19.0. The van der Waals surface area contributed by atoms with Crippen molar-refractivity contribution in [3.05, 3.63) is 54.6 Å². The second-order valence-electron chi connectivity index (χ2n) is 6.88. The fourth-order valence-electron chi connectivity index (χ4n) is 3.37. The maximum absolute atomic E-state index is 12.5. The lowest BCUT2D eigenvalue weighted by atomic mass is 10.0. The summed E-state index contributed by atoms with van der Waals surface area (Å²) in [6.45, 7) is 1.88. The average molecular weight is 417 g/mol. The summed E-state index contributed by atoms with van der Waals surface area (Å²) in [5, 5.41) is 0. The standard InChI is InChI=1S/C20H20N2O4S2/c1-12-6-8-17(27-12)15(23)7-9-19(25)26-11-13-10-18(24)22-14-4-2-3-5-16(14)28-20(22)21-13/h6,8,10H,2-5,7,9,11H2,1H3. The Hall–Kier alpha value is -2.32. The number of carbonyl (C=O) groups excluding carboxylic acids is 2. The monoisotopic (exact) mass is 416 g/mol. The fourth-order valence-corrected chi connectivity index (χ4v) is 5.43. The highest BCUT2D eigenvalue weighted by molar-refractivity contribution is 7.17. The van der Waals surface area contributed by atoms with Crippen molar-refractivity contribution in [1.29, 1.82) is 0 Å². The number of ketones is 1. The lowest BCUT2D eigenvalue weighted by molar-refractivity contribution is -0.145. The number of fused-ring (bicyclic) bond motifs is 3. The largest absolute Gasteiger partial charge is 0.459 e. The molecule has 6 nitrogen and oxygen atoms in total. The van der Waals surface area contributed by atoms with Gasteiger partial charge in [0, 0.05) is 27.9 Å². The third-order valence-electron chi connectivity index (χ3n) is 4.77. The maximum Gasteiger partial charge on any atom is 0.306 e. The second-order valence-corrected chi connectivity index (χ2v) is 9.23. The van der Waals surface area contributed by atoms with Crippen LogP contribution in [0.25, 0.3) is 4.96 Å². The fraction of sp³-hybridized carbons (Fsp3) is 0.400. The molecule has 0 amide bonds. The van der Waals surface area contributed by atoms with Crippen molar-refractivity contribution in [3.63, 3.8) is 0 Å². The number of hydrogen-bond donors (Lipinski definition) is 0. The van der Waals surface area contributed by atoms with Crippen molar-refractivity contribution in [1.82, 2.24) is 9.38 Å². The highest BCUT2D eigenvalue weighted by Gasteiger charge is 2.19. The van der Waals surface area contributed by atoms with Gasteiger partial charge in [0.05, 0.1) is 17.0 Å². The smallest absolute Gasteiger partial charge is 0.306 e. The Morgan fingerprint density at radius 2 is 2.00 bits per heavy atom. The van der Waals surface area contributed by atoms with Gasteiger partial charge in [-0.15, -0.1) is 22.7 Å². The van der Waals surface area contributed by atoms with Gasteiger partial charge in [0.25, 0.3) is 5.56 Å². The molecule has 3 heterocycles. The van der Waals surface area contributed by atoms with Crippen LogP contribution in [0.5, 0.6) is 0 Å². The van der Waals surface area contributed by atoms with E-state index in [9.17, 15) is 14.4 Å². The molecule has 0 aliphatic heterocycles. The summed E-state index contributed by atoms with van der Waals surface area (Å²) in [6, 6.07) is 5.10. The van der Waals surface area contributed by atoms with E-state index >= 15 is 0 Å². The summed E-state index contributed by atoms with van der Waals surface area (Å²) < 4.78 is 6.92. The van der Waals surface area contributed by atoms with E-state index in [1.54, 1.807) is 21.8 Å². The second kappa shape index (κ2) is 7.97. The Balaban J connectivity index is 1.38. The van der Waals surface area contributed by atoms with Crippen LogP contribution in [0.1, 0.15) is 56.5 Å². The van der Waals surface area contributed by atoms with Gasteiger partial charge in [0.15, 0.2) is 10.7 Å². The number of thiazole rings is 1. The first-order valence-electron chi connectivity index (χ1n) is 9.30. The molecule has 8 heteroatoms. The Labute approximate surface area is 169 Å². The van der Waals surface area contributed by atoms with E-state index in [1.807, 2.05) is 13.0 Å². The van der Waals surface area contributed by atoms with Gasteiger partial charge in [-0.3, -0.25) is 18.8 Å². The molecule has 4 rings (SSSR count). The number of aromatic nitrogens is 2. The van der Waals surface area contributed by atoms with E-state index in [0.29, 0.717) is 15.5 Å². The van der Waals surface area contributed by atoms with Crippen LogP contribution in [0.3, 0.4) is 0 Å². The van der Waals surface area contributed by atoms with Gasteiger partial charge < -0.3 is 4.74 Å². The predicted octanol–water partition coefficient (Wildman–Crippen LogP) is 3.71. The maximum atomic E-state index is 12.5. The summed E-state index contributed by atoms with van der Waals surface area (Å²) >= 11 is 2.97. The van der Waals surface area contributed by atoms with Gasteiger partial charge in [-0.25, -0.2) is 4.98 Å². The third-order valence-corrected chi connectivity index (χ3v) is 6.95. The van der Waals surface area contributed by atoms with E-state index in [4.69, 9.17) is 4.74 Å². The summed E-state index contributed by atoms with van der Waals surface area (Å²) in [5.74, 6) is -0.522. The molecule has 0 bridgehead atoms. The lowest BCUT2D eigenvalue weighted by Crippen LogP contribution is -2.18. The Bertz CT molecular complexity index is 1110. The molecule has 0 atom stereocenters. The molecule has 0 N–H and O–H groups in total. The quantitative estimate of drug-likeness (QED) is 0.452. The van der Waals surface area contributed by atoms with Gasteiger partial charge in [-0.05, 0) is 44.7 Å². The molecular weight excluding hydrogens is 396 g/mol. The first-order chi connectivity index (χ1) is 13.5. The van der Waals surface area contributed by atoms with Crippen molar-refractivity contribution in [2.45, 2.75) is 52.1 Å². The van der Waals surface area contributed by atoms with E-state index in [2.05, 4.69) is 4.98 Å². The Kier molecular flexibility index (Phi) is 5.41. The van der Waals surface area contributed by atoms with Gasteiger partial charge in [-0.1, -0.05) is 0 Å². The van der Waals surface area contributed by atoms with Crippen molar-refractivity contribution >= 4 is 39.4 Å². The number of carbonyl (C=O) groups is 2. The molecule has 28 heavy (non-hydrogen) atoms. The molecule has 0 spiro atoms. The molecule has 3 aromatic rings. The molecule has 1 aliphatic carbocycles. The zero-order valence-electron chi connectivity index (χ0n) is 15.5. The lowest BCUT2D eigenvalue weighted by Gasteiger charge is -2.10. The highest BCUT2D eigenvalue weighted by atomic mass is 32.1. The molecule has 0 fully saturated rings. The molecule has 0 saturated carbocycles. The number of aryl methyl sites for hydroxylation is 3. The number of Topliss-reactive ketones (excluding diaryl/α,β-unsaturated/α-hetero) is 1. The molecule has 3 aromatic heterocycles. The third kappa shape index (κ3) is 3.93. The summed E-state index contributed by atoms with van der Waals surface area (Å²) in [4.78, 5) is 44.7. The predicted molar refractivity (Wildman–Crippen MR) is 108 cm³/mol. The SMILES string of the molecule is Cc1ccc(C(=O)CCC(=O)OCc2cc(=O)n3c4c(sc3n2)CCCC4)s1. The zero-order chi connectivity index (χ0) is 19.7. The van der Waals surface area contributed by atoms with Crippen LogP contribution in [0.15, 0.2) is 23.0 Å². The molecule has 1 aliphatic rings. The van der Waals surface area contributed by atoms with E-state index in [0.717, 1.165) is 36.3 Å². The van der Waals surface area contributed by atoms with Crippen LogP contribution in [0, 0.1) is 6.92 Å². The molecular formula is C20H20N2O4S2. The van der Waals surface area contributed by atoms with Gasteiger partial charge in [0.1, 0.15) is 6.61 Å².